The van der Waals surface area contributed by atoms with Gasteiger partial charge in [-0.2, -0.15) is 0 Å². The lowest BCUT2D eigenvalue weighted by Crippen LogP contribution is -1.96. The van der Waals surface area contributed by atoms with Crippen LogP contribution in [0.5, 0.6) is 0 Å². The molecule has 17 heavy (non-hydrogen) atoms. The molecule has 0 unspecified atom stereocenters. The number of hydrogen-bond donors (Lipinski definition) is 1. The molecule has 2 aromatic rings. The zero-order valence-corrected chi connectivity index (χ0v) is 9.17. The molecule has 0 aliphatic heterocycles. The van der Waals surface area contributed by atoms with E-state index in [-0.39, 0.29) is 0 Å². The van der Waals surface area contributed by atoms with Gasteiger partial charge in [0.2, 0.25) is 0 Å². The molecule has 0 amide bonds. The van der Waals surface area contributed by atoms with Crippen molar-refractivity contribution in [1.29, 1.82) is 0 Å². The molecule has 0 saturated carbocycles. The topological polar surface area (TPSA) is 32.6 Å². The van der Waals surface area contributed by atoms with E-state index in [0.717, 1.165) is 11.1 Å². The number of nitrogens with zero attached hydrogens (tertiary/aromatic N) is 1. The molecule has 0 aliphatic carbocycles. The van der Waals surface area contributed by atoms with Crippen LogP contribution in [0.15, 0.2) is 65.8 Å². The van der Waals surface area contributed by atoms with Gasteiger partial charge in [0.1, 0.15) is 0 Å². The maximum atomic E-state index is 8.94. The monoisotopic (exact) mass is 221 g/mol. The van der Waals surface area contributed by atoms with E-state index >= 15 is 0 Å². The molecule has 1 N–H and O–H groups in total. The summed E-state index contributed by atoms with van der Waals surface area (Å²) in [4.78, 5) is 0. The molecule has 0 radical (unpaired) electrons. The average molecular weight is 221 g/mol. The van der Waals surface area contributed by atoms with Gasteiger partial charge in [-0.15, -0.1) is 0 Å². The van der Waals surface area contributed by atoms with E-state index < -0.39 is 0 Å². The molecule has 82 valence electrons. The quantitative estimate of drug-likeness (QED) is 0.341. The van der Waals surface area contributed by atoms with Gasteiger partial charge in [-0.1, -0.05) is 59.6 Å². The van der Waals surface area contributed by atoms with Crippen molar-refractivity contribution in [1.82, 2.24) is 0 Å². The van der Waals surface area contributed by atoms with Crippen molar-refractivity contribution in [3.05, 3.63) is 71.8 Å². The Bertz CT molecular complexity index is 562. The first kappa shape index (κ1) is 11.0. The number of oxime groups is 1. The van der Waals surface area contributed by atoms with Gasteiger partial charge in [-0.05, 0) is 18.1 Å². The van der Waals surface area contributed by atoms with Gasteiger partial charge in [0.15, 0.2) is 5.71 Å². The highest BCUT2D eigenvalue weighted by atomic mass is 16.4. The fraction of sp³-hybridized carbons (Fsp3) is 0. The summed E-state index contributed by atoms with van der Waals surface area (Å²) in [6.45, 7) is 0. The second-order valence-electron chi connectivity index (χ2n) is 3.43. The molecule has 0 saturated heterocycles. The largest absolute Gasteiger partial charge is 0.410 e. The Balaban J connectivity index is 2.27. The summed E-state index contributed by atoms with van der Waals surface area (Å²) in [5.41, 5.74) is 2.07. The third-order valence-electron chi connectivity index (χ3n) is 2.25. The maximum absolute atomic E-state index is 8.94. The second kappa shape index (κ2) is 5.53. The summed E-state index contributed by atoms with van der Waals surface area (Å²) in [6.07, 6.45) is 0. The van der Waals surface area contributed by atoms with Crippen LogP contribution in [-0.4, -0.2) is 10.9 Å². The van der Waals surface area contributed by atoms with Gasteiger partial charge in [-0.25, -0.2) is 0 Å². The van der Waals surface area contributed by atoms with Crippen LogP contribution in [0.3, 0.4) is 0 Å². The summed E-state index contributed by atoms with van der Waals surface area (Å²) in [6, 6.07) is 19.0. The number of rotatable bonds is 1. The highest BCUT2D eigenvalue weighted by molar-refractivity contribution is 6.12. The van der Waals surface area contributed by atoms with Gasteiger partial charge in [-0.3, -0.25) is 0 Å². The summed E-state index contributed by atoms with van der Waals surface area (Å²) < 4.78 is 0. The lowest BCUT2D eigenvalue weighted by atomic mass is 10.1. The average Bonchev–Trinajstić information content (AvgIpc) is 2.42. The van der Waals surface area contributed by atoms with E-state index in [1.54, 1.807) is 0 Å². The van der Waals surface area contributed by atoms with E-state index in [1.165, 1.54) is 0 Å². The van der Waals surface area contributed by atoms with E-state index in [0.29, 0.717) is 5.71 Å². The van der Waals surface area contributed by atoms with E-state index in [1.807, 2.05) is 60.7 Å². The van der Waals surface area contributed by atoms with Crippen LogP contribution in [0.25, 0.3) is 0 Å². The van der Waals surface area contributed by atoms with Crippen molar-refractivity contribution >= 4 is 5.71 Å². The molecule has 0 bridgehead atoms. The molecular formula is C15H11NO. The van der Waals surface area contributed by atoms with Crippen LogP contribution in [0, 0.1) is 11.8 Å². The highest BCUT2D eigenvalue weighted by Gasteiger charge is 1.98. The molecule has 0 spiro atoms. The number of hydrogen-bond acceptors (Lipinski definition) is 2. The highest BCUT2D eigenvalue weighted by Crippen LogP contribution is 2.01. The minimum atomic E-state index is 0.370. The molecule has 2 nitrogen and oxygen atoms in total. The summed E-state index contributed by atoms with van der Waals surface area (Å²) >= 11 is 0. The molecule has 0 atom stereocenters. The molecule has 0 aromatic heterocycles. The summed E-state index contributed by atoms with van der Waals surface area (Å²) in [7, 11) is 0. The van der Waals surface area contributed by atoms with E-state index in [2.05, 4.69) is 17.0 Å². The maximum Gasteiger partial charge on any atom is 0.159 e. The fourth-order valence-electron chi connectivity index (χ4n) is 1.40. The van der Waals surface area contributed by atoms with Crippen LogP contribution >= 0.6 is 0 Å². The van der Waals surface area contributed by atoms with Crippen LogP contribution in [0.1, 0.15) is 11.1 Å². The van der Waals surface area contributed by atoms with Crippen molar-refractivity contribution in [2.24, 2.45) is 5.16 Å². The van der Waals surface area contributed by atoms with Crippen molar-refractivity contribution in [2.45, 2.75) is 0 Å². The Morgan fingerprint density at radius 2 is 1.47 bits per heavy atom. The first-order valence-corrected chi connectivity index (χ1v) is 5.24. The first-order chi connectivity index (χ1) is 8.40. The predicted octanol–water partition coefficient (Wildman–Crippen LogP) is 2.92. The smallest absolute Gasteiger partial charge is 0.159 e. The van der Waals surface area contributed by atoms with Crippen molar-refractivity contribution in [3.63, 3.8) is 0 Å². The molecule has 0 fully saturated rings. The zero-order chi connectivity index (χ0) is 11.9. The standard InChI is InChI=1S/C15H11NO/c17-16-15(14-9-5-2-6-10-14)12-11-13-7-3-1-4-8-13/h1-10,17H/b16-15-. The SMILES string of the molecule is O/N=C(/C#Cc1ccccc1)c1ccccc1. The van der Waals surface area contributed by atoms with Crippen LogP contribution in [-0.2, 0) is 0 Å². The van der Waals surface area contributed by atoms with E-state index in [4.69, 9.17) is 5.21 Å². The van der Waals surface area contributed by atoms with Gasteiger partial charge >= 0.3 is 0 Å². The Kier molecular flexibility index (Phi) is 3.57. The van der Waals surface area contributed by atoms with Gasteiger partial charge in [0, 0.05) is 11.1 Å². The first-order valence-electron chi connectivity index (χ1n) is 5.24. The molecule has 0 heterocycles. The Morgan fingerprint density at radius 3 is 2.06 bits per heavy atom. The third-order valence-corrected chi connectivity index (χ3v) is 2.25. The summed E-state index contributed by atoms with van der Waals surface area (Å²) in [5.74, 6) is 5.81. The third kappa shape index (κ3) is 2.96. The minimum absolute atomic E-state index is 0.370. The lowest BCUT2D eigenvalue weighted by Gasteiger charge is -1.95. The summed E-state index contributed by atoms with van der Waals surface area (Å²) in [5, 5.41) is 12.2. The predicted molar refractivity (Wildman–Crippen MR) is 68.1 cm³/mol. The van der Waals surface area contributed by atoms with Crippen molar-refractivity contribution < 1.29 is 5.21 Å². The molecule has 2 rings (SSSR count). The Hall–Kier alpha value is -2.53. The molecule has 0 aliphatic rings. The van der Waals surface area contributed by atoms with Crippen molar-refractivity contribution in [3.8, 4) is 11.8 Å². The molecule has 2 aromatic carbocycles. The van der Waals surface area contributed by atoms with Crippen LogP contribution in [0.2, 0.25) is 0 Å². The Morgan fingerprint density at radius 1 is 0.882 bits per heavy atom. The van der Waals surface area contributed by atoms with Crippen LogP contribution in [0.4, 0.5) is 0 Å². The lowest BCUT2D eigenvalue weighted by molar-refractivity contribution is 0.320. The zero-order valence-electron chi connectivity index (χ0n) is 9.17. The van der Waals surface area contributed by atoms with E-state index in [9.17, 15) is 0 Å². The Labute approximate surface area is 100 Å². The fourth-order valence-corrected chi connectivity index (χ4v) is 1.40. The molecule has 2 heteroatoms. The number of benzene rings is 2. The van der Waals surface area contributed by atoms with Gasteiger partial charge < -0.3 is 5.21 Å². The van der Waals surface area contributed by atoms with Crippen LogP contribution < -0.4 is 0 Å². The van der Waals surface area contributed by atoms with Crippen molar-refractivity contribution in [2.75, 3.05) is 0 Å². The normalized spacial score (nSPS) is 10.5. The minimum Gasteiger partial charge on any atom is -0.410 e. The second-order valence-corrected chi connectivity index (χ2v) is 3.43. The van der Waals surface area contributed by atoms with Gasteiger partial charge in [0.05, 0.1) is 0 Å². The molecular weight excluding hydrogens is 210 g/mol. The van der Waals surface area contributed by atoms with Gasteiger partial charge in [0.25, 0.3) is 0 Å².